The van der Waals surface area contributed by atoms with Crippen LogP contribution in [0.5, 0.6) is 11.5 Å². The average molecular weight is 219 g/mol. The van der Waals surface area contributed by atoms with E-state index in [0.29, 0.717) is 13.1 Å². The number of aromatic nitrogens is 2. The number of hydrogen-bond donors (Lipinski definition) is 4. The predicted octanol–water partition coefficient (Wildman–Crippen LogP) is 1.11. The molecule has 0 radical (unpaired) electrons. The Kier molecular flexibility index (Phi) is 3.07. The standard InChI is InChI=1S/C11H13N3O2/c15-10-2-1-8(5-11(10)16)6-12-7-9-3-4-13-14-9/h1-5,12,15-16H,6-7H2,(H,13,14). The van der Waals surface area contributed by atoms with Gasteiger partial charge in [0.05, 0.1) is 0 Å². The Morgan fingerprint density at radius 2 is 2.00 bits per heavy atom. The second-order valence-corrected chi connectivity index (χ2v) is 3.51. The lowest BCUT2D eigenvalue weighted by Gasteiger charge is -2.04. The van der Waals surface area contributed by atoms with Gasteiger partial charge in [0.15, 0.2) is 11.5 Å². The number of nitrogens with one attached hydrogen (secondary N) is 2. The van der Waals surface area contributed by atoms with Gasteiger partial charge in [-0.25, -0.2) is 0 Å². The van der Waals surface area contributed by atoms with E-state index in [-0.39, 0.29) is 11.5 Å². The SMILES string of the molecule is Oc1ccc(CNCc2ccn[nH]2)cc1O. The quantitative estimate of drug-likeness (QED) is 0.581. The molecule has 0 bridgehead atoms. The van der Waals surface area contributed by atoms with Crippen molar-refractivity contribution in [1.82, 2.24) is 15.5 Å². The van der Waals surface area contributed by atoms with E-state index in [1.807, 2.05) is 6.07 Å². The highest BCUT2D eigenvalue weighted by Crippen LogP contribution is 2.24. The molecule has 0 fully saturated rings. The summed E-state index contributed by atoms with van der Waals surface area (Å²) in [6, 6.07) is 6.66. The van der Waals surface area contributed by atoms with Crippen LogP contribution in [0.15, 0.2) is 30.5 Å². The van der Waals surface area contributed by atoms with Gasteiger partial charge in [-0.2, -0.15) is 5.10 Å². The van der Waals surface area contributed by atoms with Crippen molar-refractivity contribution in [2.24, 2.45) is 0 Å². The fraction of sp³-hybridized carbons (Fsp3) is 0.182. The molecule has 0 unspecified atom stereocenters. The molecule has 0 spiro atoms. The van der Waals surface area contributed by atoms with E-state index in [2.05, 4.69) is 15.5 Å². The van der Waals surface area contributed by atoms with E-state index in [4.69, 9.17) is 5.11 Å². The first-order chi connectivity index (χ1) is 7.75. The van der Waals surface area contributed by atoms with Crippen molar-refractivity contribution >= 4 is 0 Å². The number of H-pyrrole nitrogens is 1. The van der Waals surface area contributed by atoms with Crippen molar-refractivity contribution < 1.29 is 10.2 Å². The molecule has 1 aromatic heterocycles. The zero-order valence-electron chi connectivity index (χ0n) is 8.64. The summed E-state index contributed by atoms with van der Waals surface area (Å²) in [7, 11) is 0. The lowest BCUT2D eigenvalue weighted by atomic mass is 10.2. The number of aromatic hydroxyl groups is 2. The first-order valence-electron chi connectivity index (χ1n) is 4.95. The molecule has 2 aromatic rings. The van der Waals surface area contributed by atoms with Crippen molar-refractivity contribution in [3.63, 3.8) is 0 Å². The minimum Gasteiger partial charge on any atom is -0.504 e. The van der Waals surface area contributed by atoms with Gasteiger partial charge in [0, 0.05) is 25.0 Å². The number of hydrogen-bond acceptors (Lipinski definition) is 4. The maximum atomic E-state index is 9.29. The summed E-state index contributed by atoms with van der Waals surface area (Å²) in [6.07, 6.45) is 1.70. The van der Waals surface area contributed by atoms with E-state index in [9.17, 15) is 5.11 Å². The second-order valence-electron chi connectivity index (χ2n) is 3.51. The number of rotatable bonds is 4. The van der Waals surface area contributed by atoms with E-state index in [0.717, 1.165) is 11.3 Å². The molecule has 0 aliphatic rings. The van der Waals surface area contributed by atoms with Crippen molar-refractivity contribution in [2.45, 2.75) is 13.1 Å². The molecule has 84 valence electrons. The predicted molar refractivity (Wildman–Crippen MR) is 58.9 cm³/mol. The van der Waals surface area contributed by atoms with Crippen LogP contribution in [0, 0.1) is 0 Å². The largest absolute Gasteiger partial charge is 0.504 e. The summed E-state index contributed by atoms with van der Waals surface area (Å²) in [5.74, 6) is -0.196. The number of aromatic amines is 1. The summed E-state index contributed by atoms with van der Waals surface area (Å²) >= 11 is 0. The van der Waals surface area contributed by atoms with Gasteiger partial charge >= 0.3 is 0 Å². The van der Waals surface area contributed by atoms with Crippen molar-refractivity contribution in [3.05, 3.63) is 41.7 Å². The van der Waals surface area contributed by atoms with E-state index in [1.54, 1.807) is 12.3 Å². The van der Waals surface area contributed by atoms with Crippen LogP contribution in [0.4, 0.5) is 0 Å². The van der Waals surface area contributed by atoms with Gasteiger partial charge in [-0.15, -0.1) is 0 Å². The lowest BCUT2D eigenvalue weighted by molar-refractivity contribution is 0.403. The van der Waals surface area contributed by atoms with Crippen molar-refractivity contribution in [1.29, 1.82) is 0 Å². The van der Waals surface area contributed by atoms with Gasteiger partial charge in [-0.05, 0) is 23.8 Å². The highest BCUT2D eigenvalue weighted by molar-refractivity contribution is 5.40. The molecular formula is C11H13N3O2. The van der Waals surface area contributed by atoms with E-state index in [1.165, 1.54) is 12.1 Å². The highest BCUT2D eigenvalue weighted by Gasteiger charge is 2.00. The molecule has 0 saturated carbocycles. The Hall–Kier alpha value is -2.01. The maximum Gasteiger partial charge on any atom is 0.157 e. The van der Waals surface area contributed by atoms with Gasteiger partial charge in [0.25, 0.3) is 0 Å². The van der Waals surface area contributed by atoms with Crippen LogP contribution in [-0.4, -0.2) is 20.4 Å². The zero-order chi connectivity index (χ0) is 11.4. The first-order valence-corrected chi connectivity index (χ1v) is 4.95. The van der Waals surface area contributed by atoms with Crippen LogP contribution in [-0.2, 0) is 13.1 Å². The van der Waals surface area contributed by atoms with Crippen LogP contribution in [0.1, 0.15) is 11.3 Å². The Morgan fingerprint density at radius 3 is 2.69 bits per heavy atom. The minimum atomic E-state index is -0.0997. The van der Waals surface area contributed by atoms with E-state index < -0.39 is 0 Å². The molecule has 0 atom stereocenters. The Balaban J connectivity index is 1.87. The van der Waals surface area contributed by atoms with Crippen LogP contribution in [0.3, 0.4) is 0 Å². The van der Waals surface area contributed by atoms with Gasteiger partial charge in [-0.3, -0.25) is 5.10 Å². The van der Waals surface area contributed by atoms with Crippen LogP contribution >= 0.6 is 0 Å². The molecular weight excluding hydrogens is 206 g/mol. The van der Waals surface area contributed by atoms with Crippen LogP contribution < -0.4 is 5.32 Å². The zero-order valence-corrected chi connectivity index (χ0v) is 8.64. The van der Waals surface area contributed by atoms with Crippen LogP contribution in [0.25, 0.3) is 0 Å². The number of nitrogens with zero attached hydrogens (tertiary/aromatic N) is 1. The molecule has 0 aliphatic heterocycles. The molecule has 2 rings (SSSR count). The first kappa shape index (κ1) is 10.5. The van der Waals surface area contributed by atoms with Gasteiger partial charge in [0.1, 0.15) is 0 Å². The summed E-state index contributed by atoms with van der Waals surface area (Å²) in [6.45, 7) is 1.30. The fourth-order valence-electron chi connectivity index (χ4n) is 1.40. The number of phenolic OH excluding ortho intramolecular Hbond substituents is 2. The van der Waals surface area contributed by atoms with Gasteiger partial charge < -0.3 is 15.5 Å². The summed E-state index contributed by atoms with van der Waals surface area (Å²) < 4.78 is 0. The smallest absolute Gasteiger partial charge is 0.157 e. The average Bonchev–Trinajstić information content (AvgIpc) is 2.76. The normalized spacial score (nSPS) is 10.5. The third kappa shape index (κ3) is 2.52. The second kappa shape index (κ2) is 4.67. The Morgan fingerprint density at radius 1 is 1.12 bits per heavy atom. The molecule has 0 aliphatic carbocycles. The Labute approximate surface area is 92.8 Å². The molecule has 5 nitrogen and oxygen atoms in total. The van der Waals surface area contributed by atoms with Crippen molar-refractivity contribution in [2.75, 3.05) is 0 Å². The van der Waals surface area contributed by atoms with E-state index >= 15 is 0 Å². The Bertz CT molecular complexity index is 454. The van der Waals surface area contributed by atoms with Crippen LogP contribution in [0.2, 0.25) is 0 Å². The third-order valence-electron chi connectivity index (χ3n) is 2.24. The summed E-state index contributed by atoms with van der Waals surface area (Å²) in [4.78, 5) is 0. The molecule has 1 aromatic carbocycles. The third-order valence-corrected chi connectivity index (χ3v) is 2.24. The van der Waals surface area contributed by atoms with Gasteiger partial charge in [-0.1, -0.05) is 6.07 Å². The fourth-order valence-corrected chi connectivity index (χ4v) is 1.40. The molecule has 4 N–H and O–H groups in total. The molecule has 5 heteroatoms. The number of phenols is 2. The number of benzene rings is 1. The summed E-state index contributed by atoms with van der Waals surface area (Å²) in [5, 5.41) is 28.3. The molecule has 16 heavy (non-hydrogen) atoms. The maximum absolute atomic E-state index is 9.29. The van der Waals surface area contributed by atoms with Gasteiger partial charge in [0.2, 0.25) is 0 Å². The summed E-state index contributed by atoms with van der Waals surface area (Å²) in [5.41, 5.74) is 1.91. The molecule has 0 amide bonds. The molecule has 0 saturated heterocycles. The minimum absolute atomic E-state index is 0.0964. The highest BCUT2D eigenvalue weighted by atomic mass is 16.3. The topological polar surface area (TPSA) is 81.2 Å². The van der Waals surface area contributed by atoms with Crippen molar-refractivity contribution in [3.8, 4) is 11.5 Å². The molecule has 1 heterocycles. The monoisotopic (exact) mass is 219 g/mol. The lowest BCUT2D eigenvalue weighted by Crippen LogP contribution is -2.12.